The lowest BCUT2D eigenvalue weighted by Gasteiger charge is -2.05. The quantitative estimate of drug-likeness (QED) is 0.676. The molecule has 0 nitrogen and oxygen atoms in total. The molecule has 0 saturated heterocycles. The van der Waals surface area contributed by atoms with Crippen molar-refractivity contribution in [1.29, 1.82) is 0 Å². The van der Waals surface area contributed by atoms with Crippen LogP contribution < -0.4 is 0 Å². The van der Waals surface area contributed by atoms with E-state index in [9.17, 15) is 0 Å². The maximum Gasteiger partial charge on any atom is 0.0207 e. The molecule has 64 valence electrons. The summed E-state index contributed by atoms with van der Waals surface area (Å²) in [6.07, 6.45) is 2.07. The van der Waals surface area contributed by atoms with Crippen molar-refractivity contribution in [3.05, 3.63) is 41.0 Å². The summed E-state index contributed by atoms with van der Waals surface area (Å²) in [5.41, 5.74) is 3.90. The number of aryl methyl sites for hydroxylation is 2. The van der Waals surface area contributed by atoms with Crippen LogP contribution in [0.1, 0.15) is 23.6 Å². The van der Waals surface area contributed by atoms with Gasteiger partial charge >= 0.3 is 0 Å². The highest BCUT2D eigenvalue weighted by atomic mass is 79.9. The van der Waals surface area contributed by atoms with E-state index in [2.05, 4.69) is 54.1 Å². The Bertz CT molecular complexity index is 311. The fourth-order valence-electron chi connectivity index (χ4n) is 1.15. The normalized spacial score (nSPS) is 11.8. The van der Waals surface area contributed by atoms with E-state index in [1.807, 2.05) is 6.92 Å². The molecule has 0 saturated carbocycles. The number of hydrogen-bond acceptors (Lipinski definition) is 0. The highest BCUT2D eigenvalue weighted by molar-refractivity contribution is 9.15. The average molecular weight is 225 g/mol. The summed E-state index contributed by atoms with van der Waals surface area (Å²) in [6, 6.07) is 6.48. The van der Waals surface area contributed by atoms with Crippen LogP contribution in [0.25, 0.3) is 4.48 Å². The lowest BCUT2D eigenvalue weighted by Crippen LogP contribution is -1.84. The molecule has 0 heterocycles. The largest absolute Gasteiger partial charge is 0.0728 e. The van der Waals surface area contributed by atoms with E-state index in [1.165, 1.54) is 21.2 Å². The molecular formula is C11H13Br. The highest BCUT2D eigenvalue weighted by Crippen LogP contribution is 2.24. The topological polar surface area (TPSA) is 0 Å². The molecule has 0 aliphatic heterocycles. The van der Waals surface area contributed by atoms with Crippen LogP contribution in [-0.4, -0.2) is 0 Å². The van der Waals surface area contributed by atoms with Crippen LogP contribution in [0.15, 0.2) is 24.3 Å². The highest BCUT2D eigenvalue weighted by Gasteiger charge is 2.00. The first kappa shape index (κ1) is 9.53. The first-order valence-electron chi connectivity index (χ1n) is 4.04. The molecular weight excluding hydrogens is 212 g/mol. The molecule has 0 unspecified atom stereocenters. The van der Waals surface area contributed by atoms with Gasteiger partial charge in [0.1, 0.15) is 0 Å². The zero-order valence-electron chi connectivity index (χ0n) is 7.69. The van der Waals surface area contributed by atoms with Gasteiger partial charge in [0, 0.05) is 4.48 Å². The Balaban J connectivity index is 3.23. The molecule has 1 rings (SSSR count). The lowest BCUT2D eigenvalue weighted by atomic mass is 10.1. The zero-order valence-corrected chi connectivity index (χ0v) is 9.27. The van der Waals surface area contributed by atoms with Gasteiger partial charge in [-0.1, -0.05) is 45.8 Å². The summed E-state index contributed by atoms with van der Waals surface area (Å²) in [5, 5.41) is 0. The Kier molecular flexibility index (Phi) is 3.10. The van der Waals surface area contributed by atoms with Crippen molar-refractivity contribution in [3.8, 4) is 0 Å². The second-order valence-electron chi connectivity index (χ2n) is 2.95. The summed E-state index contributed by atoms with van der Waals surface area (Å²) >= 11 is 3.53. The Morgan fingerprint density at radius 2 is 2.00 bits per heavy atom. The summed E-state index contributed by atoms with van der Waals surface area (Å²) in [5.74, 6) is 0. The number of benzene rings is 1. The van der Waals surface area contributed by atoms with Crippen molar-refractivity contribution in [2.24, 2.45) is 0 Å². The van der Waals surface area contributed by atoms with Gasteiger partial charge in [-0.25, -0.2) is 0 Å². The van der Waals surface area contributed by atoms with Crippen molar-refractivity contribution in [1.82, 2.24) is 0 Å². The second kappa shape index (κ2) is 3.90. The number of hydrogen-bond donors (Lipinski definition) is 0. The predicted molar refractivity (Wildman–Crippen MR) is 58.5 cm³/mol. The van der Waals surface area contributed by atoms with Gasteiger partial charge < -0.3 is 0 Å². The van der Waals surface area contributed by atoms with Gasteiger partial charge in [0.2, 0.25) is 0 Å². The number of halogens is 1. The molecule has 0 spiro atoms. The van der Waals surface area contributed by atoms with Crippen molar-refractivity contribution in [2.75, 3.05) is 0 Å². The monoisotopic (exact) mass is 224 g/mol. The minimum atomic E-state index is 1.17. The van der Waals surface area contributed by atoms with Crippen LogP contribution >= 0.6 is 15.9 Å². The van der Waals surface area contributed by atoms with Crippen LogP contribution in [0.2, 0.25) is 0 Å². The summed E-state index contributed by atoms with van der Waals surface area (Å²) in [6.45, 7) is 6.27. The molecule has 0 amide bonds. The van der Waals surface area contributed by atoms with E-state index in [4.69, 9.17) is 0 Å². The molecule has 0 atom stereocenters. The predicted octanol–water partition coefficient (Wildman–Crippen LogP) is 4.06. The van der Waals surface area contributed by atoms with E-state index in [-0.39, 0.29) is 0 Å². The van der Waals surface area contributed by atoms with Crippen molar-refractivity contribution < 1.29 is 0 Å². The fourth-order valence-corrected chi connectivity index (χ4v) is 1.58. The first-order chi connectivity index (χ1) is 5.65. The molecule has 12 heavy (non-hydrogen) atoms. The molecule has 0 aliphatic carbocycles. The molecule has 1 heteroatoms. The van der Waals surface area contributed by atoms with Crippen LogP contribution in [0.5, 0.6) is 0 Å². The Hall–Kier alpha value is -0.560. The van der Waals surface area contributed by atoms with E-state index >= 15 is 0 Å². The first-order valence-corrected chi connectivity index (χ1v) is 4.84. The molecule has 0 radical (unpaired) electrons. The van der Waals surface area contributed by atoms with Crippen molar-refractivity contribution in [3.63, 3.8) is 0 Å². The SMILES string of the molecule is C/C=C(/Br)c1cc(C)ccc1C. The second-order valence-corrected chi connectivity index (χ2v) is 3.81. The lowest BCUT2D eigenvalue weighted by molar-refractivity contribution is 1.37. The molecule has 0 aliphatic rings. The Morgan fingerprint density at radius 3 is 2.58 bits per heavy atom. The van der Waals surface area contributed by atoms with Gasteiger partial charge in [-0.15, -0.1) is 0 Å². The fraction of sp³-hybridized carbons (Fsp3) is 0.273. The van der Waals surface area contributed by atoms with Gasteiger partial charge in [-0.2, -0.15) is 0 Å². The van der Waals surface area contributed by atoms with Gasteiger partial charge in [-0.05, 0) is 31.9 Å². The minimum absolute atomic E-state index is 1.17. The van der Waals surface area contributed by atoms with Crippen LogP contribution in [0.3, 0.4) is 0 Å². The molecule has 0 fully saturated rings. The maximum absolute atomic E-state index is 3.53. The summed E-state index contributed by atoms with van der Waals surface area (Å²) in [7, 11) is 0. The molecule has 1 aromatic rings. The Labute approximate surface area is 82.4 Å². The number of allylic oxidation sites excluding steroid dienone is 1. The molecule has 0 N–H and O–H groups in total. The zero-order chi connectivity index (χ0) is 9.14. The molecule has 1 aromatic carbocycles. The summed E-state index contributed by atoms with van der Waals surface area (Å²) in [4.78, 5) is 0. The van der Waals surface area contributed by atoms with E-state index in [0.29, 0.717) is 0 Å². The summed E-state index contributed by atoms with van der Waals surface area (Å²) < 4.78 is 1.17. The smallest absolute Gasteiger partial charge is 0.0207 e. The maximum atomic E-state index is 3.53. The third-order valence-corrected chi connectivity index (χ3v) is 2.79. The minimum Gasteiger partial charge on any atom is -0.0728 e. The van der Waals surface area contributed by atoms with Crippen LogP contribution in [0.4, 0.5) is 0 Å². The van der Waals surface area contributed by atoms with Crippen LogP contribution in [-0.2, 0) is 0 Å². The van der Waals surface area contributed by atoms with Crippen molar-refractivity contribution >= 4 is 20.4 Å². The van der Waals surface area contributed by atoms with Gasteiger partial charge in [0.05, 0.1) is 0 Å². The molecule has 0 aromatic heterocycles. The van der Waals surface area contributed by atoms with Crippen molar-refractivity contribution in [2.45, 2.75) is 20.8 Å². The Morgan fingerprint density at radius 1 is 1.33 bits per heavy atom. The van der Waals surface area contributed by atoms with Crippen LogP contribution in [0, 0.1) is 13.8 Å². The van der Waals surface area contributed by atoms with E-state index in [0.717, 1.165) is 0 Å². The third-order valence-electron chi connectivity index (χ3n) is 1.90. The molecule has 0 bridgehead atoms. The standard InChI is InChI=1S/C11H13Br/c1-4-11(12)10-7-8(2)5-6-9(10)3/h4-7H,1-3H3/b11-4+. The number of rotatable bonds is 1. The van der Waals surface area contributed by atoms with Gasteiger partial charge in [-0.3, -0.25) is 0 Å². The van der Waals surface area contributed by atoms with Gasteiger partial charge in [0.15, 0.2) is 0 Å². The van der Waals surface area contributed by atoms with Gasteiger partial charge in [0.25, 0.3) is 0 Å². The average Bonchev–Trinajstić information content (AvgIpc) is 2.08. The third kappa shape index (κ3) is 1.98. The van der Waals surface area contributed by atoms with E-state index < -0.39 is 0 Å². The van der Waals surface area contributed by atoms with E-state index in [1.54, 1.807) is 0 Å².